The maximum Gasteiger partial charge on any atom is 0.258 e. The predicted molar refractivity (Wildman–Crippen MR) is 121 cm³/mol. The zero-order chi connectivity index (χ0) is 22.3. The third-order valence-electron chi connectivity index (χ3n) is 5.24. The SMILES string of the molecule is CCCOc1ccc(CN(C(=O)c2ccccc2OCCC)C2CCS(=O)(=O)C2)cc1. The van der Waals surface area contributed by atoms with Gasteiger partial charge in [-0.1, -0.05) is 38.1 Å². The van der Waals surface area contributed by atoms with Gasteiger partial charge in [-0.05, 0) is 49.1 Å². The minimum absolute atomic E-state index is 0.00554. The number of para-hydroxylation sites is 1. The third kappa shape index (κ3) is 6.23. The number of rotatable bonds is 10. The highest BCUT2D eigenvalue weighted by molar-refractivity contribution is 7.91. The molecule has 1 unspecified atom stereocenters. The molecule has 0 spiro atoms. The van der Waals surface area contributed by atoms with Crippen LogP contribution < -0.4 is 9.47 Å². The van der Waals surface area contributed by atoms with Crippen LogP contribution >= 0.6 is 0 Å². The van der Waals surface area contributed by atoms with Crippen LogP contribution in [0.5, 0.6) is 11.5 Å². The van der Waals surface area contributed by atoms with Crippen LogP contribution in [0.2, 0.25) is 0 Å². The van der Waals surface area contributed by atoms with E-state index in [2.05, 4.69) is 6.92 Å². The van der Waals surface area contributed by atoms with Gasteiger partial charge in [0, 0.05) is 12.6 Å². The van der Waals surface area contributed by atoms with E-state index >= 15 is 0 Å². The van der Waals surface area contributed by atoms with E-state index in [9.17, 15) is 13.2 Å². The monoisotopic (exact) mass is 445 g/mol. The average molecular weight is 446 g/mol. The van der Waals surface area contributed by atoms with Gasteiger partial charge in [-0.25, -0.2) is 8.42 Å². The molecule has 1 saturated heterocycles. The van der Waals surface area contributed by atoms with Crippen LogP contribution in [0.25, 0.3) is 0 Å². The van der Waals surface area contributed by atoms with E-state index in [1.807, 2.05) is 37.3 Å². The van der Waals surface area contributed by atoms with E-state index in [0.29, 0.717) is 37.5 Å². The highest BCUT2D eigenvalue weighted by Crippen LogP contribution is 2.27. The Bertz CT molecular complexity index is 972. The van der Waals surface area contributed by atoms with Crippen molar-refractivity contribution in [2.45, 2.75) is 45.7 Å². The molecule has 0 radical (unpaired) electrons. The summed E-state index contributed by atoms with van der Waals surface area (Å²) in [5.74, 6) is 1.21. The summed E-state index contributed by atoms with van der Waals surface area (Å²) in [5.41, 5.74) is 1.39. The molecule has 1 aliphatic heterocycles. The summed E-state index contributed by atoms with van der Waals surface area (Å²) < 4.78 is 35.7. The van der Waals surface area contributed by atoms with Gasteiger partial charge in [0.15, 0.2) is 9.84 Å². The lowest BCUT2D eigenvalue weighted by Crippen LogP contribution is -2.40. The smallest absolute Gasteiger partial charge is 0.258 e. The maximum absolute atomic E-state index is 13.6. The minimum Gasteiger partial charge on any atom is -0.494 e. The number of amides is 1. The molecule has 168 valence electrons. The van der Waals surface area contributed by atoms with E-state index in [1.54, 1.807) is 23.1 Å². The molecule has 0 aromatic heterocycles. The van der Waals surface area contributed by atoms with Crippen molar-refractivity contribution in [2.24, 2.45) is 0 Å². The Morgan fingerprint density at radius 2 is 1.68 bits per heavy atom. The van der Waals surface area contributed by atoms with Crippen LogP contribution in [0.15, 0.2) is 48.5 Å². The number of carbonyl (C=O) groups is 1. The maximum atomic E-state index is 13.6. The standard InChI is InChI=1S/C24H31NO5S/c1-3-14-29-21-11-9-19(10-12-21)17-25(20-13-16-31(27,28)18-20)24(26)22-7-5-6-8-23(22)30-15-4-2/h5-12,20H,3-4,13-18H2,1-2H3. The van der Waals surface area contributed by atoms with Gasteiger partial charge in [0.05, 0.1) is 30.3 Å². The van der Waals surface area contributed by atoms with Crippen LogP contribution in [-0.4, -0.2) is 50.0 Å². The van der Waals surface area contributed by atoms with Crippen molar-refractivity contribution in [3.05, 3.63) is 59.7 Å². The normalized spacial score (nSPS) is 17.3. The van der Waals surface area contributed by atoms with Gasteiger partial charge in [-0.3, -0.25) is 4.79 Å². The highest BCUT2D eigenvalue weighted by atomic mass is 32.2. The first-order valence-corrected chi connectivity index (χ1v) is 12.7. The summed E-state index contributed by atoms with van der Waals surface area (Å²) >= 11 is 0. The summed E-state index contributed by atoms with van der Waals surface area (Å²) in [6.45, 7) is 5.55. The van der Waals surface area contributed by atoms with Gasteiger partial charge in [0.1, 0.15) is 11.5 Å². The zero-order valence-corrected chi connectivity index (χ0v) is 19.1. The highest BCUT2D eigenvalue weighted by Gasteiger charge is 2.35. The molecule has 6 nitrogen and oxygen atoms in total. The van der Waals surface area contributed by atoms with Gasteiger partial charge >= 0.3 is 0 Å². The topological polar surface area (TPSA) is 72.9 Å². The molecule has 0 saturated carbocycles. The molecule has 1 heterocycles. The molecule has 2 aromatic carbocycles. The molecule has 31 heavy (non-hydrogen) atoms. The summed E-state index contributed by atoms with van der Waals surface area (Å²) in [6, 6.07) is 14.4. The number of sulfone groups is 1. The molecule has 0 N–H and O–H groups in total. The largest absolute Gasteiger partial charge is 0.494 e. The molecule has 3 rings (SSSR count). The fraction of sp³-hybridized carbons (Fsp3) is 0.458. The van der Waals surface area contributed by atoms with Crippen molar-refractivity contribution in [3.8, 4) is 11.5 Å². The van der Waals surface area contributed by atoms with Crippen LogP contribution in [-0.2, 0) is 16.4 Å². The number of ether oxygens (including phenoxy) is 2. The lowest BCUT2D eigenvalue weighted by atomic mass is 10.1. The van der Waals surface area contributed by atoms with Crippen molar-refractivity contribution in [2.75, 3.05) is 24.7 Å². The van der Waals surface area contributed by atoms with E-state index < -0.39 is 9.84 Å². The first-order valence-electron chi connectivity index (χ1n) is 10.9. The van der Waals surface area contributed by atoms with Gasteiger partial charge in [-0.2, -0.15) is 0 Å². The quantitative estimate of drug-likeness (QED) is 0.551. The van der Waals surface area contributed by atoms with E-state index in [1.165, 1.54) is 0 Å². The van der Waals surface area contributed by atoms with Crippen molar-refractivity contribution in [3.63, 3.8) is 0 Å². The number of benzene rings is 2. The Morgan fingerprint density at radius 1 is 1.00 bits per heavy atom. The molecule has 0 aliphatic carbocycles. The van der Waals surface area contributed by atoms with E-state index in [4.69, 9.17) is 9.47 Å². The Kier molecular flexibility index (Phi) is 7.96. The van der Waals surface area contributed by atoms with Crippen molar-refractivity contribution in [1.29, 1.82) is 0 Å². The Hall–Kier alpha value is -2.54. The fourth-order valence-corrected chi connectivity index (χ4v) is 5.36. The van der Waals surface area contributed by atoms with Crippen LogP contribution in [0.4, 0.5) is 0 Å². The molecule has 1 atom stereocenters. The molecular weight excluding hydrogens is 414 g/mol. The predicted octanol–water partition coefficient (Wildman–Crippen LogP) is 4.09. The number of hydrogen-bond acceptors (Lipinski definition) is 5. The summed E-state index contributed by atoms with van der Waals surface area (Å²) in [7, 11) is -3.13. The zero-order valence-electron chi connectivity index (χ0n) is 18.2. The number of nitrogens with zero attached hydrogens (tertiary/aromatic N) is 1. The lowest BCUT2D eigenvalue weighted by molar-refractivity contribution is 0.0676. The molecule has 7 heteroatoms. The van der Waals surface area contributed by atoms with E-state index in [-0.39, 0.29) is 23.5 Å². The second-order valence-corrected chi connectivity index (χ2v) is 10.1. The Morgan fingerprint density at radius 3 is 2.32 bits per heavy atom. The summed E-state index contributed by atoms with van der Waals surface area (Å²) in [4.78, 5) is 15.2. The Balaban J connectivity index is 1.86. The van der Waals surface area contributed by atoms with Gasteiger partial charge in [0.25, 0.3) is 5.91 Å². The molecule has 1 aliphatic rings. The number of hydrogen-bond donors (Lipinski definition) is 0. The summed E-state index contributed by atoms with van der Waals surface area (Å²) in [5, 5.41) is 0. The van der Waals surface area contributed by atoms with Crippen molar-refractivity contribution < 1.29 is 22.7 Å². The molecule has 2 aromatic rings. The number of carbonyl (C=O) groups excluding carboxylic acids is 1. The second-order valence-electron chi connectivity index (χ2n) is 7.83. The first kappa shape index (κ1) is 23.1. The van der Waals surface area contributed by atoms with Gasteiger partial charge < -0.3 is 14.4 Å². The Labute approximate surface area is 185 Å². The van der Waals surface area contributed by atoms with E-state index in [0.717, 1.165) is 24.2 Å². The van der Waals surface area contributed by atoms with Gasteiger partial charge in [0.2, 0.25) is 0 Å². The minimum atomic E-state index is -3.13. The lowest BCUT2D eigenvalue weighted by Gasteiger charge is -2.29. The fourth-order valence-electron chi connectivity index (χ4n) is 3.63. The van der Waals surface area contributed by atoms with Crippen molar-refractivity contribution in [1.82, 2.24) is 4.90 Å². The van der Waals surface area contributed by atoms with Crippen LogP contribution in [0.1, 0.15) is 49.0 Å². The molecule has 0 bridgehead atoms. The average Bonchev–Trinajstić information content (AvgIpc) is 3.14. The van der Waals surface area contributed by atoms with Crippen molar-refractivity contribution >= 4 is 15.7 Å². The van der Waals surface area contributed by atoms with Crippen LogP contribution in [0.3, 0.4) is 0 Å². The second kappa shape index (κ2) is 10.7. The first-order chi connectivity index (χ1) is 14.9. The third-order valence-corrected chi connectivity index (χ3v) is 6.99. The summed E-state index contributed by atoms with van der Waals surface area (Å²) in [6.07, 6.45) is 2.21. The van der Waals surface area contributed by atoms with Crippen LogP contribution in [0, 0.1) is 0 Å². The molecule has 1 fully saturated rings. The molecule has 1 amide bonds. The van der Waals surface area contributed by atoms with Gasteiger partial charge in [-0.15, -0.1) is 0 Å². The molecular formula is C24H31NO5S.